The molecular weight excluding hydrogens is 340 g/mol. The van der Waals surface area contributed by atoms with E-state index in [-0.39, 0.29) is 12.7 Å². The van der Waals surface area contributed by atoms with Crippen LogP contribution in [0.5, 0.6) is 11.5 Å². The van der Waals surface area contributed by atoms with Gasteiger partial charge in [-0.3, -0.25) is 4.79 Å². The molecule has 0 unspecified atom stereocenters. The summed E-state index contributed by atoms with van der Waals surface area (Å²) < 4.78 is 10.7. The Bertz CT molecular complexity index is 801. The number of aromatic nitrogens is 2. The highest BCUT2D eigenvalue weighted by Crippen LogP contribution is 2.33. The van der Waals surface area contributed by atoms with Crippen molar-refractivity contribution in [2.45, 2.75) is 11.7 Å². The summed E-state index contributed by atoms with van der Waals surface area (Å²) in [5.41, 5.74) is 1.04. The lowest BCUT2D eigenvalue weighted by atomic mass is 10.1. The van der Waals surface area contributed by atoms with Crippen LogP contribution in [-0.4, -0.2) is 53.5 Å². The Morgan fingerprint density at radius 1 is 1.20 bits per heavy atom. The van der Waals surface area contributed by atoms with Crippen LogP contribution >= 0.6 is 11.8 Å². The molecule has 0 radical (unpaired) electrons. The van der Waals surface area contributed by atoms with Gasteiger partial charge in [-0.2, -0.15) is 0 Å². The predicted molar refractivity (Wildman–Crippen MR) is 94.0 cm³/mol. The highest BCUT2D eigenvalue weighted by atomic mass is 32.2. The number of rotatable bonds is 4. The number of thioether (sulfide) groups is 1. The monoisotopic (exact) mass is 358 g/mol. The van der Waals surface area contributed by atoms with E-state index in [0.717, 1.165) is 29.4 Å². The molecule has 0 bridgehead atoms. The van der Waals surface area contributed by atoms with E-state index in [2.05, 4.69) is 9.97 Å². The van der Waals surface area contributed by atoms with Gasteiger partial charge in [-0.15, -0.1) is 0 Å². The molecule has 130 valence electrons. The summed E-state index contributed by atoms with van der Waals surface area (Å²) in [4.78, 5) is 25.1. The van der Waals surface area contributed by atoms with Crippen molar-refractivity contribution in [3.05, 3.63) is 36.0 Å². The molecule has 4 rings (SSSR count). The maximum atomic E-state index is 12.6. The molecule has 1 saturated heterocycles. The lowest BCUT2D eigenvalue weighted by Gasteiger charge is -2.35. The van der Waals surface area contributed by atoms with Crippen molar-refractivity contribution in [1.82, 2.24) is 14.9 Å². The second kappa shape index (κ2) is 6.79. The molecule has 0 aliphatic carbocycles. The largest absolute Gasteiger partial charge is 0.454 e. The van der Waals surface area contributed by atoms with Crippen LogP contribution in [0, 0.1) is 0 Å². The zero-order chi connectivity index (χ0) is 17.2. The van der Waals surface area contributed by atoms with Crippen molar-refractivity contribution < 1.29 is 14.3 Å². The molecule has 1 fully saturated rings. The van der Waals surface area contributed by atoms with E-state index in [4.69, 9.17) is 9.47 Å². The number of carbonyl (C=O) groups is 1. The molecule has 0 atom stereocenters. The van der Waals surface area contributed by atoms with Crippen LogP contribution in [0.2, 0.25) is 0 Å². The molecule has 25 heavy (non-hydrogen) atoms. The van der Waals surface area contributed by atoms with Crippen LogP contribution in [0.15, 0.2) is 35.6 Å². The van der Waals surface area contributed by atoms with E-state index in [9.17, 15) is 4.79 Å². The Balaban J connectivity index is 1.42. The summed E-state index contributed by atoms with van der Waals surface area (Å²) in [6.07, 6.45) is 3.67. The fourth-order valence-corrected chi connectivity index (χ4v) is 3.29. The highest BCUT2D eigenvalue weighted by Gasteiger charge is 2.25. The Kier molecular flexibility index (Phi) is 4.35. The number of benzene rings is 1. The summed E-state index contributed by atoms with van der Waals surface area (Å²) in [7, 11) is 0. The number of hydrogen-bond donors (Lipinski definition) is 0. The van der Waals surface area contributed by atoms with Crippen LogP contribution in [0.4, 0.5) is 5.82 Å². The average Bonchev–Trinajstić information content (AvgIpc) is 3.11. The zero-order valence-electron chi connectivity index (χ0n) is 13.8. The summed E-state index contributed by atoms with van der Waals surface area (Å²) in [6, 6.07) is 7.66. The van der Waals surface area contributed by atoms with Gasteiger partial charge in [-0.1, -0.05) is 17.8 Å². The van der Waals surface area contributed by atoms with Gasteiger partial charge in [0.15, 0.2) is 16.7 Å². The lowest BCUT2D eigenvalue weighted by molar-refractivity contribution is -0.131. The molecule has 0 spiro atoms. The van der Waals surface area contributed by atoms with Gasteiger partial charge in [0.25, 0.3) is 0 Å². The summed E-state index contributed by atoms with van der Waals surface area (Å²) in [5.74, 6) is 2.39. The first-order valence-corrected chi connectivity index (χ1v) is 9.24. The molecule has 3 heterocycles. The number of piperazine rings is 1. The topological polar surface area (TPSA) is 67.8 Å². The molecule has 2 aliphatic heterocycles. The maximum absolute atomic E-state index is 12.6. The van der Waals surface area contributed by atoms with Gasteiger partial charge in [-0.25, -0.2) is 9.97 Å². The Morgan fingerprint density at radius 2 is 2.08 bits per heavy atom. The molecule has 1 aromatic heterocycles. The fraction of sp³-hybridized carbons (Fsp3) is 0.353. The first-order chi connectivity index (χ1) is 12.2. The van der Waals surface area contributed by atoms with E-state index < -0.39 is 0 Å². The van der Waals surface area contributed by atoms with Crippen LogP contribution in [0.1, 0.15) is 5.56 Å². The number of fused-ring (bicyclic) bond motifs is 1. The summed E-state index contributed by atoms with van der Waals surface area (Å²) in [5, 5.41) is 0.715. The van der Waals surface area contributed by atoms with Crippen molar-refractivity contribution in [3.8, 4) is 11.5 Å². The number of nitrogens with zero attached hydrogens (tertiary/aromatic N) is 4. The van der Waals surface area contributed by atoms with Gasteiger partial charge in [-0.05, 0) is 30.0 Å². The summed E-state index contributed by atoms with van der Waals surface area (Å²) >= 11 is 1.49. The van der Waals surface area contributed by atoms with Crippen LogP contribution in [0.25, 0.3) is 0 Å². The van der Waals surface area contributed by atoms with E-state index in [1.54, 1.807) is 6.20 Å². The Morgan fingerprint density at radius 3 is 2.92 bits per heavy atom. The SMILES string of the molecule is CSc1nccc(N2CCN(Cc3ccc4c(c3)OCO4)C(=O)C2)n1. The average molecular weight is 358 g/mol. The van der Waals surface area contributed by atoms with Crippen LogP contribution in [0.3, 0.4) is 0 Å². The van der Waals surface area contributed by atoms with E-state index in [1.807, 2.05) is 40.3 Å². The van der Waals surface area contributed by atoms with E-state index in [1.165, 1.54) is 11.8 Å². The number of ether oxygens (including phenoxy) is 2. The van der Waals surface area contributed by atoms with E-state index in [0.29, 0.717) is 24.8 Å². The molecule has 2 aliphatic rings. The predicted octanol–water partition coefficient (Wildman–Crippen LogP) is 1.78. The molecule has 0 N–H and O–H groups in total. The smallest absolute Gasteiger partial charge is 0.242 e. The lowest BCUT2D eigenvalue weighted by Crippen LogP contribution is -2.50. The third-order valence-corrected chi connectivity index (χ3v) is 4.82. The van der Waals surface area contributed by atoms with Crippen molar-refractivity contribution in [2.75, 3.05) is 37.6 Å². The third-order valence-electron chi connectivity index (χ3n) is 4.25. The minimum Gasteiger partial charge on any atom is -0.454 e. The van der Waals surface area contributed by atoms with Crippen molar-refractivity contribution >= 4 is 23.5 Å². The van der Waals surface area contributed by atoms with Gasteiger partial charge in [0.05, 0.1) is 6.54 Å². The molecule has 8 heteroatoms. The van der Waals surface area contributed by atoms with Crippen molar-refractivity contribution in [2.24, 2.45) is 0 Å². The number of hydrogen-bond acceptors (Lipinski definition) is 7. The van der Waals surface area contributed by atoms with Gasteiger partial charge in [0.1, 0.15) is 5.82 Å². The zero-order valence-corrected chi connectivity index (χ0v) is 14.7. The number of anilines is 1. The van der Waals surface area contributed by atoms with Crippen LogP contribution < -0.4 is 14.4 Å². The van der Waals surface area contributed by atoms with Crippen molar-refractivity contribution in [3.63, 3.8) is 0 Å². The fourth-order valence-electron chi connectivity index (χ4n) is 2.94. The molecular formula is C17H18N4O3S. The maximum Gasteiger partial charge on any atom is 0.242 e. The highest BCUT2D eigenvalue weighted by molar-refractivity contribution is 7.98. The first-order valence-electron chi connectivity index (χ1n) is 8.01. The number of amides is 1. The minimum atomic E-state index is 0.0910. The van der Waals surface area contributed by atoms with Gasteiger partial charge >= 0.3 is 0 Å². The molecule has 0 saturated carbocycles. The summed E-state index contributed by atoms with van der Waals surface area (Å²) in [6.45, 7) is 2.57. The molecule has 2 aromatic rings. The Labute approximate surface area is 150 Å². The molecule has 1 amide bonds. The molecule has 1 aromatic carbocycles. The molecule has 7 nitrogen and oxygen atoms in total. The third kappa shape index (κ3) is 3.34. The first kappa shape index (κ1) is 16.0. The standard InChI is InChI=1S/C17H18N4O3S/c1-25-17-18-5-4-15(19-17)20-6-7-21(16(22)10-20)9-12-2-3-13-14(8-12)24-11-23-13/h2-5,8H,6-7,9-11H2,1H3. The second-order valence-corrected chi connectivity index (χ2v) is 6.60. The van der Waals surface area contributed by atoms with Crippen molar-refractivity contribution in [1.29, 1.82) is 0 Å². The van der Waals surface area contributed by atoms with Gasteiger partial charge in [0, 0.05) is 25.8 Å². The van der Waals surface area contributed by atoms with Crippen LogP contribution in [-0.2, 0) is 11.3 Å². The second-order valence-electron chi connectivity index (χ2n) is 5.83. The minimum absolute atomic E-state index is 0.0910. The Hall–Kier alpha value is -2.48. The van der Waals surface area contributed by atoms with Gasteiger partial charge in [0.2, 0.25) is 12.7 Å². The quantitative estimate of drug-likeness (QED) is 0.609. The van der Waals surface area contributed by atoms with E-state index >= 15 is 0 Å². The van der Waals surface area contributed by atoms with Gasteiger partial charge < -0.3 is 19.3 Å². The normalized spacial score (nSPS) is 16.4. The number of carbonyl (C=O) groups excluding carboxylic acids is 1.